The van der Waals surface area contributed by atoms with Gasteiger partial charge in [-0.25, -0.2) is 0 Å². The maximum absolute atomic E-state index is 12.1. The smallest absolute Gasteiger partial charge is 0.238 e. The molecule has 0 spiro atoms. The van der Waals surface area contributed by atoms with Crippen molar-refractivity contribution in [2.45, 2.75) is 5.37 Å². The van der Waals surface area contributed by atoms with Crippen molar-refractivity contribution in [3.05, 3.63) is 49.5 Å². The van der Waals surface area contributed by atoms with E-state index in [2.05, 4.69) is 37.9 Å². The zero-order valence-corrected chi connectivity index (χ0v) is 14.5. The summed E-state index contributed by atoms with van der Waals surface area (Å²) in [6.45, 7) is 0. The van der Waals surface area contributed by atoms with Crippen LogP contribution in [0.1, 0.15) is 10.3 Å². The number of nitrogens with zero attached hydrogens (tertiary/aromatic N) is 1. The number of rotatable bonds is 2. The van der Waals surface area contributed by atoms with Gasteiger partial charge in [0.1, 0.15) is 5.37 Å². The highest BCUT2D eigenvalue weighted by molar-refractivity contribution is 9.11. The summed E-state index contributed by atoms with van der Waals surface area (Å²) < 4.78 is 2.11. The Balaban J connectivity index is 1.96. The molecule has 1 aliphatic rings. The average molecular weight is 419 g/mol. The Bertz CT molecular complexity index is 611. The van der Waals surface area contributed by atoms with Crippen molar-refractivity contribution >= 4 is 66.6 Å². The molecule has 0 N–H and O–H groups in total. The van der Waals surface area contributed by atoms with E-state index >= 15 is 0 Å². The number of hydrogen-bond acceptors (Lipinski definition) is 3. The van der Waals surface area contributed by atoms with Gasteiger partial charge in [0.25, 0.3) is 0 Å². The number of amides is 1. The van der Waals surface area contributed by atoms with Crippen molar-refractivity contribution < 1.29 is 4.79 Å². The van der Waals surface area contributed by atoms with Crippen LogP contribution in [0.5, 0.6) is 0 Å². The molecular formula is C13H9Br2NOS2. The second-order valence-corrected chi connectivity index (χ2v) is 8.52. The van der Waals surface area contributed by atoms with Crippen LogP contribution in [0.2, 0.25) is 0 Å². The summed E-state index contributed by atoms with van der Waals surface area (Å²) in [7, 11) is 0. The fourth-order valence-corrected chi connectivity index (χ4v) is 5.06. The summed E-state index contributed by atoms with van der Waals surface area (Å²) in [6, 6.07) is 12.0. The Labute approximate surface area is 136 Å². The molecule has 6 heteroatoms. The normalized spacial score (nSPS) is 19.2. The van der Waals surface area contributed by atoms with Gasteiger partial charge in [-0.3, -0.25) is 9.69 Å². The quantitative estimate of drug-likeness (QED) is 0.679. The molecule has 19 heavy (non-hydrogen) atoms. The number of carbonyl (C=O) groups is 1. The van der Waals surface area contributed by atoms with Crippen LogP contribution in [-0.2, 0) is 4.79 Å². The van der Waals surface area contributed by atoms with Crippen molar-refractivity contribution in [1.82, 2.24) is 0 Å². The molecule has 1 aliphatic heterocycles. The Morgan fingerprint density at radius 1 is 1.11 bits per heavy atom. The SMILES string of the molecule is O=C1CSC(c2ccc(Br)s2)N1c1ccc(Br)cc1. The highest BCUT2D eigenvalue weighted by Gasteiger charge is 2.34. The van der Waals surface area contributed by atoms with Gasteiger partial charge in [-0.1, -0.05) is 15.9 Å². The zero-order chi connectivity index (χ0) is 13.4. The Morgan fingerprint density at radius 2 is 1.84 bits per heavy atom. The van der Waals surface area contributed by atoms with E-state index in [0.717, 1.165) is 13.9 Å². The molecule has 1 aromatic carbocycles. The van der Waals surface area contributed by atoms with Crippen LogP contribution in [0, 0.1) is 0 Å². The van der Waals surface area contributed by atoms with E-state index in [1.54, 1.807) is 23.1 Å². The lowest BCUT2D eigenvalue weighted by Gasteiger charge is -2.23. The monoisotopic (exact) mass is 417 g/mol. The first-order valence-electron chi connectivity index (χ1n) is 5.59. The van der Waals surface area contributed by atoms with Crippen molar-refractivity contribution in [3.63, 3.8) is 0 Å². The van der Waals surface area contributed by atoms with Crippen LogP contribution in [0.4, 0.5) is 5.69 Å². The first-order chi connectivity index (χ1) is 9.15. The number of hydrogen-bond donors (Lipinski definition) is 0. The van der Waals surface area contributed by atoms with Crippen LogP contribution in [0.25, 0.3) is 0 Å². The fraction of sp³-hybridized carbons (Fsp3) is 0.154. The topological polar surface area (TPSA) is 20.3 Å². The standard InChI is InChI=1S/C13H9Br2NOS2/c14-8-1-3-9(4-2-8)16-12(17)7-18-13(16)10-5-6-11(15)19-10/h1-6,13H,7H2. The van der Waals surface area contributed by atoms with Crippen molar-refractivity contribution in [2.75, 3.05) is 10.7 Å². The lowest BCUT2D eigenvalue weighted by molar-refractivity contribution is -0.115. The highest BCUT2D eigenvalue weighted by Crippen LogP contribution is 2.44. The molecule has 3 rings (SSSR count). The molecule has 2 nitrogen and oxygen atoms in total. The van der Waals surface area contributed by atoms with Crippen LogP contribution < -0.4 is 4.90 Å². The third kappa shape index (κ3) is 2.77. The van der Waals surface area contributed by atoms with Crippen molar-refractivity contribution in [1.29, 1.82) is 0 Å². The molecule has 0 saturated carbocycles. The highest BCUT2D eigenvalue weighted by atomic mass is 79.9. The third-order valence-electron chi connectivity index (χ3n) is 2.81. The maximum atomic E-state index is 12.1. The van der Waals surface area contributed by atoms with E-state index < -0.39 is 0 Å². The molecule has 1 unspecified atom stereocenters. The second-order valence-electron chi connectivity index (χ2n) is 4.05. The predicted octanol–water partition coefficient (Wildman–Crippen LogP) is 5.05. The molecule has 2 aromatic rings. The van der Waals surface area contributed by atoms with E-state index in [1.807, 2.05) is 35.2 Å². The Hall–Kier alpha value is -0.300. The van der Waals surface area contributed by atoms with Crippen LogP contribution in [0.3, 0.4) is 0 Å². The molecular weight excluding hydrogens is 410 g/mol. The number of halogens is 2. The van der Waals surface area contributed by atoms with Gasteiger partial charge in [-0.05, 0) is 52.3 Å². The molecule has 1 amide bonds. The zero-order valence-electron chi connectivity index (χ0n) is 9.68. The van der Waals surface area contributed by atoms with Gasteiger partial charge in [-0.15, -0.1) is 23.1 Å². The summed E-state index contributed by atoms with van der Waals surface area (Å²) in [4.78, 5) is 15.2. The lowest BCUT2D eigenvalue weighted by Crippen LogP contribution is -2.27. The van der Waals surface area contributed by atoms with Crippen LogP contribution >= 0.6 is 55.0 Å². The molecule has 1 aromatic heterocycles. The molecule has 0 radical (unpaired) electrons. The van der Waals surface area contributed by atoms with E-state index in [4.69, 9.17) is 0 Å². The summed E-state index contributed by atoms with van der Waals surface area (Å²) in [5, 5.41) is 0.0879. The average Bonchev–Trinajstić information content (AvgIpc) is 2.97. The van der Waals surface area contributed by atoms with E-state index in [-0.39, 0.29) is 11.3 Å². The minimum atomic E-state index is 0.0879. The van der Waals surface area contributed by atoms with Gasteiger partial charge in [0.2, 0.25) is 5.91 Å². The molecule has 0 bridgehead atoms. The second kappa shape index (κ2) is 5.60. The fourth-order valence-electron chi connectivity index (χ4n) is 1.98. The van der Waals surface area contributed by atoms with Gasteiger partial charge >= 0.3 is 0 Å². The third-order valence-corrected chi connectivity index (χ3v) is 6.36. The van der Waals surface area contributed by atoms with Gasteiger partial charge < -0.3 is 0 Å². The summed E-state index contributed by atoms with van der Waals surface area (Å²) in [5.74, 6) is 0.706. The van der Waals surface area contributed by atoms with Crippen molar-refractivity contribution in [3.8, 4) is 0 Å². The minimum Gasteiger partial charge on any atom is -0.294 e. The number of anilines is 1. The van der Waals surface area contributed by atoms with Crippen LogP contribution in [-0.4, -0.2) is 11.7 Å². The molecule has 1 atom stereocenters. The largest absolute Gasteiger partial charge is 0.294 e. The summed E-state index contributed by atoms with van der Waals surface area (Å²) in [6.07, 6.45) is 0. The predicted molar refractivity (Wildman–Crippen MR) is 88.8 cm³/mol. The Morgan fingerprint density at radius 3 is 2.47 bits per heavy atom. The minimum absolute atomic E-state index is 0.0879. The molecule has 1 saturated heterocycles. The molecule has 98 valence electrons. The lowest BCUT2D eigenvalue weighted by atomic mass is 10.2. The first kappa shape index (κ1) is 13.7. The molecule has 1 fully saturated rings. The van der Waals surface area contributed by atoms with Gasteiger partial charge in [0.05, 0.1) is 9.54 Å². The van der Waals surface area contributed by atoms with Crippen LogP contribution in [0.15, 0.2) is 44.7 Å². The van der Waals surface area contributed by atoms with E-state index in [1.165, 1.54) is 4.88 Å². The summed E-state index contributed by atoms with van der Waals surface area (Å²) in [5.41, 5.74) is 0.952. The summed E-state index contributed by atoms with van der Waals surface area (Å²) >= 11 is 10.3. The molecule has 2 heterocycles. The van der Waals surface area contributed by atoms with E-state index in [0.29, 0.717) is 5.75 Å². The number of carbonyl (C=O) groups excluding carboxylic acids is 1. The number of thioether (sulfide) groups is 1. The van der Waals surface area contributed by atoms with Crippen molar-refractivity contribution in [2.24, 2.45) is 0 Å². The van der Waals surface area contributed by atoms with Gasteiger partial charge in [0.15, 0.2) is 0 Å². The molecule has 0 aliphatic carbocycles. The number of benzene rings is 1. The van der Waals surface area contributed by atoms with Gasteiger partial charge in [-0.2, -0.15) is 0 Å². The first-order valence-corrected chi connectivity index (χ1v) is 9.05. The number of thiophene rings is 1. The van der Waals surface area contributed by atoms with Gasteiger partial charge in [0, 0.05) is 15.0 Å². The Kier molecular flexibility index (Phi) is 4.03. The van der Waals surface area contributed by atoms with E-state index in [9.17, 15) is 4.79 Å². The maximum Gasteiger partial charge on any atom is 0.238 e.